The van der Waals surface area contributed by atoms with E-state index >= 15 is 0 Å². The van der Waals surface area contributed by atoms with E-state index in [-0.39, 0.29) is 5.91 Å². The largest absolute Gasteiger partial charge is 0.493 e. The lowest BCUT2D eigenvalue weighted by Gasteiger charge is -2.10. The zero-order chi connectivity index (χ0) is 16.7. The van der Waals surface area contributed by atoms with Crippen molar-refractivity contribution < 1.29 is 14.3 Å². The summed E-state index contributed by atoms with van der Waals surface area (Å²) in [5.41, 5.74) is 0.482. The van der Waals surface area contributed by atoms with Gasteiger partial charge in [-0.15, -0.1) is 10.2 Å². The van der Waals surface area contributed by atoms with Crippen LogP contribution in [0.4, 0.5) is 5.13 Å². The van der Waals surface area contributed by atoms with E-state index < -0.39 is 0 Å². The lowest BCUT2D eigenvalue weighted by molar-refractivity contribution is 0.102. The van der Waals surface area contributed by atoms with Crippen molar-refractivity contribution in [2.45, 2.75) is 33.1 Å². The number of hydrogen-bond acceptors (Lipinski definition) is 6. The van der Waals surface area contributed by atoms with E-state index in [2.05, 4.69) is 22.4 Å². The highest BCUT2D eigenvalue weighted by Crippen LogP contribution is 2.28. The first kappa shape index (κ1) is 17.2. The van der Waals surface area contributed by atoms with Crippen molar-refractivity contribution in [1.29, 1.82) is 0 Å². The molecule has 0 unspecified atom stereocenters. The molecule has 2 rings (SSSR count). The number of amides is 1. The van der Waals surface area contributed by atoms with Gasteiger partial charge in [0.2, 0.25) is 5.13 Å². The molecule has 23 heavy (non-hydrogen) atoms. The van der Waals surface area contributed by atoms with Crippen LogP contribution in [0.5, 0.6) is 11.5 Å². The SMILES string of the molecule is CCCCc1nnc(NC(=O)c2ccc(OCC)c(OC)c2)s1. The molecule has 1 aromatic heterocycles. The predicted molar refractivity (Wildman–Crippen MR) is 90.6 cm³/mol. The molecule has 124 valence electrons. The number of methoxy groups -OCH3 is 1. The summed E-state index contributed by atoms with van der Waals surface area (Å²) in [7, 11) is 1.55. The minimum absolute atomic E-state index is 0.246. The van der Waals surface area contributed by atoms with E-state index in [1.807, 2.05) is 6.92 Å². The Labute approximate surface area is 139 Å². The molecule has 1 heterocycles. The number of nitrogens with one attached hydrogen (secondary N) is 1. The summed E-state index contributed by atoms with van der Waals surface area (Å²) in [6, 6.07) is 5.07. The fourth-order valence-electron chi connectivity index (χ4n) is 1.99. The molecule has 0 aliphatic heterocycles. The predicted octanol–water partition coefficient (Wildman–Crippen LogP) is 3.54. The number of benzene rings is 1. The van der Waals surface area contributed by atoms with Crippen LogP contribution in [-0.2, 0) is 6.42 Å². The minimum Gasteiger partial charge on any atom is -0.493 e. The quantitative estimate of drug-likeness (QED) is 0.799. The fraction of sp³-hybridized carbons (Fsp3) is 0.438. The van der Waals surface area contributed by atoms with Gasteiger partial charge in [0.25, 0.3) is 5.91 Å². The Hall–Kier alpha value is -2.15. The van der Waals surface area contributed by atoms with Gasteiger partial charge in [0.05, 0.1) is 13.7 Å². The van der Waals surface area contributed by atoms with E-state index in [1.54, 1.807) is 25.3 Å². The highest BCUT2D eigenvalue weighted by molar-refractivity contribution is 7.15. The first-order chi connectivity index (χ1) is 11.2. The number of carbonyl (C=O) groups is 1. The highest BCUT2D eigenvalue weighted by atomic mass is 32.1. The molecule has 1 N–H and O–H groups in total. The van der Waals surface area contributed by atoms with Gasteiger partial charge in [-0.2, -0.15) is 0 Å². The summed E-state index contributed by atoms with van der Waals surface area (Å²) < 4.78 is 10.7. The van der Waals surface area contributed by atoms with Gasteiger partial charge in [-0.25, -0.2) is 0 Å². The maximum Gasteiger partial charge on any atom is 0.257 e. The first-order valence-corrected chi connectivity index (χ1v) is 8.44. The van der Waals surface area contributed by atoms with Crippen molar-refractivity contribution >= 4 is 22.4 Å². The molecule has 7 heteroatoms. The Morgan fingerprint density at radius 3 is 2.78 bits per heavy atom. The van der Waals surface area contributed by atoms with Gasteiger partial charge >= 0.3 is 0 Å². The number of ether oxygens (including phenoxy) is 2. The van der Waals surface area contributed by atoms with Crippen LogP contribution in [0, 0.1) is 0 Å². The normalized spacial score (nSPS) is 10.4. The summed E-state index contributed by atoms with van der Waals surface area (Å²) in [4.78, 5) is 12.3. The Kier molecular flexibility index (Phi) is 6.34. The molecule has 2 aromatic rings. The summed E-state index contributed by atoms with van der Waals surface area (Å²) in [5, 5.41) is 12.3. The van der Waals surface area contributed by atoms with E-state index in [9.17, 15) is 4.79 Å². The maximum absolute atomic E-state index is 12.3. The highest BCUT2D eigenvalue weighted by Gasteiger charge is 2.13. The molecule has 0 spiro atoms. The molecule has 0 aliphatic rings. The van der Waals surface area contributed by atoms with Crippen molar-refractivity contribution in [2.75, 3.05) is 19.0 Å². The van der Waals surface area contributed by atoms with Gasteiger partial charge in [-0.05, 0) is 31.5 Å². The second-order valence-corrected chi connectivity index (χ2v) is 5.92. The van der Waals surface area contributed by atoms with Crippen molar-refractivity contribution in [3.8, 4) is 11.5 Å². The van der Waals surface area contributed by atoms with Gasteiger partial charge < -0.3 is 9.47 Å². The van der Waals surface area contributed by atoms with Crippen LogP contribution in [0.3, 0.4) is 0 Å². The van der Waals surface area contributed by atoms with Gasteiger partial charge in [-0.1, -0.05) is 24.7 Å². The lowest BCUT2D eigenvalue weighted by Crippen LogP contribution is -2.12. The zero-order valence-electron chi connectivity index (χ0n) is 13.6. The van der Waals surface area contributed by atoms with Crippen LogP contribution in [0.2, 0.25) is 0 Å². The number of aryl methyl sites for hydroxylation is 1. The molecule has 1 aromatic carbocycles. The summed E-state index contributed by atoms with van der Waals surface area (Å²) in [6.45, 7) is 4.56. The van der Waals surface area contributed by atoms with E-state index in [4.69, 9.17) is 9.47 Å². The average molecular weight is 335 g/mol. The third-order valence-electron chi connectivity index (χ3n) is 3.16. The lowest BCUT2D eigenvalue weighted by atomic mass is 10.2. The number of rotatable bonds is 8. The molecule has 0 radical (unpaired) electrons. The summed E-state index contributed by atoms with van der Waals surface area (Å²) in [5.74, 6) is 0.897. The molecule has 0 atom stereocenters. The van der Waals surface area contributed by atoms with Crippen molar-refractivity contribution in [3.05, 3.63) is 28.8 Å². The molecule has 0 fully saturated rings. The Bertz CT molecular complexity index is 658. The smallest absolute Gasteiger partial charge is 0.257 e. The second-order valence-electron chi connectivity index (χ2n) is 4.86. The monoisotopic (exact) mass is 335 g/mol. The molecular weight excluding hydrogens is 314 g/mol. The van der Waals surface area contributed by atoms with Crippen molar-refractivity contribution in [1.82, 2.24) is 10.2 Å². The second kappa shape index (κ2) is 8.47. The van der Waals surface area contributed by atoms with E-state index in [1.165, 1.54) is 11.3 Å². The number of unbranched alkanes of at least 4 members (excludes halogenated alkanes) is 1. The standard InChI is InChI=1S/C16H21N3O3S/c1-4-6-7-14-18-19-16(23-14)17-15(20)11-8-9-12(22-5-2)13(10-11)21-3/h8-10H,4-7H2,1-3H3,(H,17,19,20). The van der Waals surface area contributed by atoms with Crippen LogP contribution in [0.25, 0.3) is 0 Å². The topological polar surface area (TPSA) is 73.3 Å². The van der Waals surface area contributed by atoms with Crippen LogP contribution in [0.15, 0.2) is 18.2 Å². The average Bonchev–Trinajstić information content (AvgIpc) is 3.00. The van der Waals surface area contributed by atoms with E-state index in [0.29, 0.717) is 28.8 Å². The Balaban J connectivity index is 2.06. The molecule has 0 saturated carbocycles. The molecule has 1 amide bonds. The molecule has 0 aliphatic carbocycles. The molecule has 6 nitrogen and oxygen atoms in total. The van der Waals surface area contributed by atoms with Gasteiger partial charge in [0, 0.05) is 12.0 Å². The molecule has 0 bridgehead atoms. The van der Waals surface area contributed by atoms with E-state index in [0.717, 1.165) is 24.3 Å². The molecular formula is C16H21N3O3S. The number of anilines is 1. The van der Waals surface area contributed by atoms with Crippen LogP contribution >= 0.6 is 11.3 Å². The van der Waals surface area contributed by atoms with Crippen molar-refractivity contribution in [3.63, 3.8) is 0 Å². The van der Waals surface area contributed by atoms with Crippen molar-refractivity contribution in [2.24, 2.45) is 0 Å². The summed E-state index contributed by atoms with van der Waals surface area (Å²) in [6.07, 6.45) is 3.06. The van der Waals surface area contributed by atoms with Crippen LogP contribution in [0.1, 0.15) is 42.1 Å². The third-order valence-corrected chi connectivity index (χ3v) is 4.06. The van der Waals surface area contributed by atoms with Crippen LogP contribution < -0.4 is 14.8 Å². The zero-order valence-corrected chi connectivity index (χ0v) is 14.4. The fourth-order valence-corrected chi connectivity index (χ4v) is 2.76. The number of hydrogen-bond donors (Lipinski definition) is 1. The Morgan fingerprint density at radius 2 is 2.09 bits per heavy atom. The Morgan fingerprint density at radius 1 is 1.26 bits per heavy atom. The third kappa shape index (κ3) is 4.66. The first-order valence-electron chi connectivity index (χ1n) is 7.62. The number of nitrogens with zero attached hydrogens (tertiary/aromatic N) is 2. The summed E-state index contributed by atoms with van der Waals surface area (Å²) >= 11 is 1.41. The maximum atomic E-state index is 12.3. The van der Waals surface area contributed by atoms with Gasteiger partial charge in [0.15, 0.2) is 11.5 Å². The van der Waals surface area contributed by atoms with Gasteiger partial charge in [-0.3, -0.25) is 10.1 Å². The molecule has 0 saturated heterocycles. The number of aromatic nitrogens is 2. The number of carbonyl (C=O) groups excluding carboxylic acids is 1. The van der Waals surface area contributed by atoms with Crippen LogP contribution in [-0.4, -0.2) is 29.8 Å². The minimum atomic E-state index is -0.246. The van der Waals surface area contributed by atoms with Gasteiger partial charge in [0.1, 0.15) is 5.01 Å².